The SMILES string of the molecule is CCCC1CCC(CCCC(=O)c2ccc(OCC)c(Cl)c2O)CC1. The number of ketones is 1. The van der Waals surface area contributed by atoms with Crippen molar-refractivity contribution in [3.63, 3.8) is 0 Å². The Morgan fingerprint density at radius 2 is 1.80 bits per heavy atom. The van der Waals surface area contributed by atoms with Gasteiger partial charge in [-0.2, -0.15) is 0 Å². The van der Waals surface area contributed by atoms with Gasteiger partial charge in [0.05, 0.1) is 12.2 Å². The van der Waals surface area contributed by atoms with Crippen LogP contribution in [0.5, 0.6) is 11.5 Å². The number of phenolic OH excluding ortho intramolecular Hbond substituents is 1. The first-order valence-corrected chi connectivity index (χ1v) is 10.1. The van der Waals surface area contributed by atoms with E-state index < -0.39 is 0 Å². The fourth-order valence-electron chi connectivity index (χ4n) is 3.94. The van der Waals surface area contributed by atoms with Gasteiger partial charge in [0.2, 0.25) is 0 Å². The lowest BCUT2D eigenvalue weighted by molar-refractivity contribution is 0.0973. The zero-order valence-corrected chi connectivity index (χ0v) is 16.3. The Balaban J connectivity index is 1.80. The highest BCUT2D eigenvalue weighted by molar-refractivity contribution is 6.34. The van der Waals surface area contributed by atoms with Crippen LogP contribution in [-0.2, 0) is 0 Å². The standard InChI is InChI=1S/C21H31ClO3/c1-3-6-15-9-11-16(12-10-15)7-5-8-18(23)17-13-14-19(25-4-2)20(22)21(17)24/h13-16,24H,3-12H2,1-2H3. The number of hydrogen-bond acceptors (Lipinski definition) is 3. The van der Waals surface area contributed by atoms with Gasteiger partial charge >= 0.3 is 0 Å². The predicted molar refractivity (Wildman–Crippen MR) is 103 cm³/mol. The Morgan fingerprint density at radius 1 is 1.16 bits per heavy atom. The minimum absolute atomic E-state index is 0.0397. The smallest absolute Gasteiger partial charge is 0.166 e. The molecule has 4 heteroatoms. The molecule has 0 aliphatic heterocycles. The summed E-state index contributed by atoms with van der Waals surface area (Å²) < 4.78 is 5.34. The van der Waals surface area contributed by atoms with Crippen LogP contribution in [0.25, 0.3) is 0 Å². The van der Waals surface area contributed by atoms with Gasteiger partial charge in [0, 0.05) is 6.42 Å². The number of carbonyl (C=O) groups is 1. The van der Waals surface area contributed by atoms with E-state index in [4.69, 9.17) is 16.3 Å². The maximum Gasteiger partial charge on any atom is 0.166 e. The lowest BCUT2D eigenvalue weighted by atomic mass is 9.78. The molecule has 1 N–H and O–H groups in total. The first kappa shape index (κ1) is 20.1. The third kappa shape index (κ3) is 5.64. The van der Waals surface area contributed by atoms with Crippen molar-refractivity contribution < 1.29 is 14.6 Å². The van der Waals surface area contributed by atoms with Crippen molar-refractivity contribution >= 4 is 17.4 Å². The molecule has 25 heavy (non-hydrogen) atoms. The predicted octanol–water partition coefficient (Wildman–Crippen LogP) is 6.40. The zero-order valence-electron chi connectivity index (χ0n) is 15.5. The van der Waals surface area contributed by atoms with Gasteiger partial charge in [-0.1, -0.05) is 63.5 Å². The van der Waals surface area contributed by atoms with E-state index >= 15 is 0 Å². The van der Waals surface area contributed by atoms with Gasteiger partial charge in [-0.3, -0.25) is 4.79 Å². The van der Waals surface area contributed by atoms with Gasteiger partial charge in [0.25, 0.3) is 0 Å². The molecular formula is C21H31ClO3. The summed E-state index contributed by atoms with van der Waals surface area (Å²) in [6, 6.07) is 3.28. The van der Waals surface area contributed by atoms with Crippen molar-refractivity contribution in [2.75, 3.05) is 6.61 Å². The molecular weight excluding hydrogens is 336 g/mol. The number of aromatic hydroxyl groups is 1. The summed E-state index contributed by atoms with van der Waals surface area (Å²) in [5.74, 6) is 1.91. The van der Waals surface area contributed by atoms with Crippen molar-refractivity contribution in [3.05, 3.63) is 22.7 Å². The highest BCUT2D eigenvalue weighted by atomic mass is 35.5. The Hall–Kier alpha value is -1.22. The van der Waals surface area contributed by atoms with E-state index in [-0.39, 0.29) is 16.6 Å². The number of rotatable bonds is 9. The third-order valence-corrected chi connectivity index (χ3v) is 5.73. The summed E-state index contributed by atoms with van der Waals surface area (Å²) in [5, 5.41) is 10.3. The lowest BCUT2D eigenvalue weighted by Gasteiger charge is -2.28. The Labute approximate surface area is 156 Å². The van der Waals surface area contributed by atoms with E-state index in [0.717, 1.165) is 24.7 Å². The van der Waals surface area contributed by atoms with Crippen LogP contribution in [0, 0.1) is 11.8 Å². The largest absolute Gasteiger partial charge is 0.505 e. The van der Waals surface area contributed by atoms with E-state index in [1.54, 1.807) is 12.1 Å². The molecule has 0 aromatic heterocycles. The van der Waals surface area contributed by atoms with E-state index in [9.17, 15) is 9.90 Å². The molecule has 1 saturated carbocycles. The van der Waals surface area contributed by atoms with E-state index in [2.05, 4.69) is 6.92 Å². The fourth-order valence-corrected chi connectivity index (χ4v) is 4.16. The normalized spacial score (nSPS) is 20.4. The number of phenols is 1. The molecule has 2 rings (SSSR count). The van der Waals surface area contributed by atoms with Crippen LogP contribution in [-0.4, -0.2) is 17.5 Å². The van der Waals surface area contributed by atoms with Crippen molar-refractivity contribution in [1.29, 1.82) is 0 Å². The van der Waals surface area contributed by atoms with Gasteiger partial charge in [-0.25, -0.2) is 0 Å². The molecule has 0 spiro atoms. The van der Waals surface area contributed by atoms with E-state index in [0.29, 0.717) is 24.3 Å². The van der Waals surface area contributed by atoms with Crippen LogP contribution in [0.15, 0.2) is 12.1 Å². The van der Waals surface area contributed by atoms with Crippen LogP contribution < -0.4 is 4.74 Å². The number of benzene rings is 1. The van der Waals surface area contributed by atoms with E-state index in [1.165, 1.54) is 38.5 Å². The summed E-state index contributed by atoms with van der Waals surface area (Å²) in [6.07, 6.45) is 10.4. The second kappa shape index (κ2) is 10.1. The lowest BCUT2D eigenvalue weighted by Crippen LogP contribution is -2.14. The van der Waals surface area contributed by atoms with Crippen molar-refractivity contribution in [2.24, 2.45) is 11.8 Å². The number of carbonyl (C=O) groups excluding carboxylic acids is 1. The first-order chi connectivity index (χ1) is 12.1. The Morgan fingerprint density at radius 3 is 2.40 bits per heavy atom. The van der Waals surface area contributed by atoms with Gasteiger partial charge in [0.15, 0.2) is 5.78 Å². The molecule has 0 radical (unpaired) electrons. The highest BCUT2D eigenvalue weighted by Crippen LogP contribution is 2.37. The van der Waals surface area contributed by atoms with Gasteiger partial charge in [-0.05, 0) is 37.3 Å². The topological polar surface area (TPSA) is 46.5 Å². The van der Waals surface area contributed by atoms with Crippen LogP contribution in [0.3, 0.4) is 0 Å². The quantitative estimate of drug-likeness (QED) is 0.514. The monoisotopic (exact) mass is 366 g/mol. The Kier molecular flexibility index (Phi) is 8.08. The van der Waals surface area contributed by atoms with Gasteiger partial charge in [0.1, 0.15) is 16.5 Å². The number of ether oxygens (including phenoxy) is 1. The second-order valence-corrected chi connectivity index (χ2v) is 7.58. The maximum atomic E-state index is 12.4. The molecule has 0 heterocycles. The first-order valence-electron chi connectivity index (χ1n) is 9.74. The van der Waals surface area contributed by atoms with Crippen LogP contribution in [0.1, 0.15) is 82.0 Å². The van der Waals surface area contributed by atoms with Crippen LogP contribution in [0.2, 0.25) is 5.02 Å². The van der Waals surface area contributed by atoms with Crippen LogP contribution in [0.4, 0.5) is 0 Å². The molecule has 0 saturated heterocycles. The number of halogens is 1. The summed E-state index contributed by atoms with van der Waals surface area (Å²) >= 11 is 6.09. The number of hydrogen-bond donors (Lipinski definition) is 1. The molecule has 140 valence electrons. The minimum Gasteiger partial charge on any atom is -0.505 e. The molecule has 0 atom stereocenters. The van der Waals surface area contributed by atoms with Crippen LogP contribution >= 0.6 is 11.6 Å². The molecule has 0 bridgehead atoms. The zero-order chi connectivity index (χ0) is 18.2. The molecule has 0 unspecified atom stereocenters. The molecule has 3 nitrogen and oxygen atoms in total. The third-order valence-electron chi connectivity index (χ3n) is 5.36. The average molecular weight is 367 g/mol. The Bertz CT molecular complexity index is 563. The van der Waals surface area contributed by atoms with Crippen molar-refractivity contribution in [1.82, 2.24) is 0 Å². The summed E-state index contributed by atoms with van der Waals surface area (Å²) in [5.41, 5.74) is 0.306. The van der Waals surface area contributed by atoms with Gasteiger partial charge in [-0.15, -0.1) is 0 Å². The van der Waals surface area contributed by atoms with E-state index in [1.807, 2.05) is 6.92 Å². The molecule has 1 aromatic rings. The summed E-state index contributed by atoms with van der Waals surface area (Å²) in [6.45, 7) is 4.58. The fraction of sp³-hybridized carbons (Fsp3) is 0.667. The molecule has 1 fully saturated rings. The van der Waals surface area contributed by atoms with Crippen molar-refractivity contribution in [3.8, 4) is 11.5 Å². The molecule has 1 aliphatic rings. The summed E-state index contributed by atoms with van der Waals surface area (Å²) in [7, 11) is 0. The maximum absolute atomic E-state index is 12.4. The number of Topliss-reactive ketones (excluding diaryl/α,β-unsaturated/α-hetero) is 1. The second-order valence-electron chi connectivity index (χ2n) is 7.20. The molecule has 1 aliphatic carbocycles. The minimum atomic E-state index is -0.155. The summed E-state index contributed by atoms with van der Waals surface area (Å²) in [4.78, 5) is 12.4. The van der Waals surface area contributed by atoms with Gasteiger partial charge < -0.3 is 9.84 Å². The molecule has 1 aromatic carbocycles. The van der Waals surface area contributed by atoms with Crippen molar-refractivity contribution in [2.45, 2.75) is 71.6 Å². The average Bonchev–Trinajstić information content (AvgIpc) is 2.61. The molecule has 0 amide bonds. The highest BCUT2D eigenvalue weighted by Gasteiger charge is 2.21.